The van der Waals surface area contributed by atoms with Gasteiger partial charge in [0.05, 0.1) is 5.75 Å². The minimum absolute atomic E-state index is 0.108. The van der Waals surface area contributed by atoms with Gasteiger partial charge in [-0.3, -0.25) is 14.3 Å². The molecule has 0 saturated carbocycles. The Labute approximate surface area is 177 Å². The zero-order chi connectivity index (χ0) is 20.9. The van der Waals surface area contributed by atoms with Gasteiger partial charge >= 0.3 is 0 Å². The Morgan fingerprint density at radius 2 is 1.83 bits per heavy atom. The fourth-order valence-electron chi connectivity index (χ4n) is 2.91. The molecule has 2 heterocycles. The van der Waals surface area contributed by atoms with Gasteiger partial charge in [0.1, 0.15) is 5.82 Å². The molecule has 4 rings (SSSR count). The van der Waals surface area contributed by atoms with Crippen molar-refractivity contribution in [3.8, 4) is 17.1 Å². The summed E-state index contributed by atoms with van der Waals surface area (Å²) in [6.07, 6.45) is 3.39. The van der Waals surface area contributed by atoms with E-state index in [1.54, 1.807) is 18.5 Å². The summed E-state index contributed by atoms with van der Waals surface area (Å²) >= 11 is 1.26. The van der Waals surface area contributed by atoms with Crippen molar-refractivity contribution < 1.29 is 9.18 Å². The number of aryl methyl sites for hydroxylation is 1. The van der Waals surface area contributed by atoms with Crippen molar-refractivity contribution in [2.45, 2.75) is 12.1 Å². The zero-order valence-electron chi connectivity index (χ0n) is 16.1. The van der Waals surface area contributed by atoms with Crippen LogP contribution >= 0.6 is 11.8 Å². The molecule has 4 aromatic rings. The van der Waals surface area contributed by atoms with Gasteiger partial charge < -0.3 is 5.32 Å². The number of carbonyl (C=O) groups is 1. The quantitative estimate of drug-likeness (QED) is 0.466. The molecule has 1 N–H and O–H groups in total. The van der Waals surface area contributed by atoms with Gasteiger partial charge in [0.25, 0.3) is 0 Å². The van der Waals surface area contributed by atoms with E-state index in [2.05, 4.69) is 20.5 Å². The fraction of sp³-hybridized carbons (Fsp3) is 0.0909. The maximum absolute atomic E-state index is 13.5. The van der Waals surface area contributed by atoms with E-state index in [1.165, 1.54) is 23.9 Å². The number of thioether (sulfide) groups is 1. The average Bonchev–Trinajstić information content (AvgIpc) is 3.20. The molecule has 0 radical (unpaired) electrons. The summed E-state index contributed by atoms with van der Waals surface area (Å²) in [5.41, 5.74) is 3.01. The van der Waals surface area contributed by atoms with Crippen LogP contribution in [0.15, 0.2) is 78.2 Å². The van der Waals surface area contributed by atoms with Crippen LogP contribution in [-0.2, 0) is 4.79 Å². The van der Waals surface area contributed by atoms with Gasteiger partial charge in [-0.15, -0.1) is 10.2 Å². The summed E-state index contributed by atoms with van der Waals surface area (Å²) < 4.78 is 15.4. The second-order valence-electron chi connectivity index (χ2n) is 6.51. The molecule has 0 saturated heterocycles. The lowest BCUT2D eigenvalue weighted by Crippen LogP contribution is -2.15. The molecule has 0 atom stereocenters. The van der Waals surface area contributed by atoms with Crippen molar-refractivity contribution >= 4 is 23.4 Å². The van der Waals surface area contributed by atoms with Crippen LogP contribution in [-0.4, -0.2) is 31.4 Å². The molecule has 0 bridgehead atoms. The van der Waals surface area contributed by atoms with Crippen LogP contribution in [0.2, 0.25) is 0 Å². The number of para-hydroxylation sites is 1. The molecule has 150 valence electrons. The molecule has 0 aliphatic carbocycles. The molecule has 30 heavy (non-hydrogen) atoms. The van der Waals surface area contributed by atoms with Gasteiger partial charge in [0.15, 0.2) is 11.0 Å². The SMILES string of the molecule is Cc1ccc(F)cc1NC(=O)CSc1nnc(-c2ccncc2)n1-c1ccccc1. The number of carbonyl (C=O) groups excluding carboxylic acids is 1. The second kappa shape index (κ2) is 8.87. The fourth-order valence-corrected chi connectivity index (χ4v) is 3.66. The van der Waals surface area contributed by atoms with Crippen LogP contribution in [0, 0.1) is 12.7 Å². The number of halogens is 1. The van der Waals surface area contributed by atoms with Gasteiger partial charge in [-0.05, 0) is 48.9 Å². The number of benzene rings is 2. The third-order valence-electron chi connectivity index (χ3n) is 4.39. The average molecular weight is 419 g/mol. The monoisotopic (exact) mass is 419 g/mol. The third-order valence-corrected chi connectivity index (χ3v) is 5.32. The highest BCUT2D eigenvalue weighted by Gasteiger charge is 2.17. The topological polar surface area (TPSA) is 72.7 Å². The summed E-state index contributed by atoms with van der Waals surface area (Å²) in [5.74, 6) is 0.126. The van der Waals surface area contributed by atoms with Crippen LogP contribution in [0.4, 0.5) is 10.1 Å². The van der Waals surface area contributed by atoms with Gasteiger partial charge in [-0.25, -0.2) is 4.39 Å². The van der Waals surface area contributed by atoms with Crippen molar-refractivity contribution in [2.75, 3.05) is 11.1 Å². The lowest BCUT2D eigenvalue weighted by molar-refractivity contribution is -0.113. The Bertz CT molecular complexity index is 1160. The second-order valence-corrected chi connectivity index (χ2v) is 7.45. The number of nitrogens with one attached hydrogen (secondary N) is 1. The first-order valence-corrected chi connectivity index (χ1v) is 10.2. The molecule has 0 unspecified atom stereocenters. The molecule has 2 aromatic carbocycles. The lowest BCUT2D eigenvalue weighted by Gasteiger charge is -2.11. The molecule has 1 amide bonds. The number of rotatable bonds is 6. The molecular weight excluding hydrogens is 401 g/mol. The normalized spacial score (nSPS) is 10.7. The van der Waals surface area contributed by atoms with E-state index in [9.17, 15) is 9.18 Å². The number of amides is 1. The number of anilines is 1. The van der Waals surface area contributed by atoms with E-state index in [1.807, 2.05) is 54.0 Å². The van der Waals surface area contributed by atoms with Crippen LogP contribution in [0.3, 0.4) is 0 Å². The largest absolute Gasteiger partial charge is 0.325 e. The van der Waals surface area contributed by atoms with E-state index in [0.29, 0.717) is 16.7 Å². The Morgan fingerprint density at radius 3 is 2.60 bits per heavy atom. The Hall–Kier alpha value is -3.52. The van der Waals surface area contributed by atoms with E-state index in [4.69, 9.17) is 0 Å². The van der Waals surface area contributed by atoms with Crippen molar-refractivity contribution in [1.82, 2.24) is 19.7 Å². The summed E-state index contributed by atoms with van der Waals surface area (Å²) in [7, 11) is 0. The predicted molar refractivity (Wildman–Crippen MR) is 115 cm³/mol. The smallest absolute Gasteiger partial charge is 0.234 e. The Morgan fingerprint density at radius 1 is 1.07 bits per heavy atom. The summed E-state index contributed by atoms with van der Waals surface area (Å²) in [5, 5.41) is 12.0. The molecule has 8 heteroatoms. The molecule has 6 nitrogen and oxygen atoms in total. The molecule has 2 aromatic heterocycles. The zero-order valence-corrected chi connectivity index (χ0v) is 16.9. The van der Waals surface area contributed by atoms with E-state index < -0.39 is 5.82 Å². The number of hydrogen-bond acceptors (Lipinski definition) is 5. The van der Waals surface area contributed by atoms with Crippen molar-refractivity contribution in [1.29, 1.82) is 0 Å². The van der Waals surface area contributed by atoms with Crippen LogP contribution in [0.1, 0.15) is 5.56 Å². The number of aromatic nitrogens is 4. The standard InChI is InChI=1S/C22H18FN5OS/c1-15-7-8-17(23)13-19(15)25-20(29)14-30-22-27-26-21(16-9-11-24-12-10-16)28(22)18-5-3-2-4-6-18/h2-13H,14H2,1H3,(H,25,29). The highest BCUT2D eigenvalue weighted by Crippen LogP contribution is 2.28. The lowest BCUT2D eigenvalue weighted by atomic mass is 10.2. The summed E-state index contributed by atoms with van der Waals surface area (Å²) in [6.45, 7) is 1.81. The maximum atomic E-state index is 13.5. The molecule has 0 fully saturated rings. The van der Waals surface area contributed by atoms with Crippen molar-refractivity contribution in [2.24, 2.45) is 0 Å². The maximum Gasteiger partial charge on any atom is 0.234 e. The summed E-state index contributed by atoms with van der Waals surface area (Å²) in [4.78, 5) is 16.5. The van der Waals surface area contributed by atoms with E-state index >= 15 is 0 Å². The van der Waals surface area contributed by atoms with Gasteiger partial charge in [-0.2, -0.15) is 0 Å². The Kier molecular flexibility index (Phi) is 5.85. The molecule has 0 spiro atoms. The van der Waals surface area contributed by atoms with Gasteiger partial charge in [-0.1, -0.05) is 36.0 Å². The molecule has 0 aliphatic heterocycles. The first-order valence-electron chi connectivity index (χ1n) is 9.22. The summed E-state index contributed by atoms with van der Waals surface area (Å²) in [6, 6.07) is 17.7. The third kappa shape index (κ3) is 4.38. The van der Waals surface area contributed by atoms with Crippen LogP contribution < -0.4 is 5.32 Å². The van der Waals surface area contributed by atoms with Gasteiger partial charge in [0, 0.05) is 29.3 Å². The molecule has 0 aliphatic rings. The van der Waals surface area contributed by atoms with E-state index in [-0.39, 0.29) is 11.7 Å². The highest BCUT2D eigenvalue weighted by atomic mass is 32.2. The minimum atomic E-state index is -0.394. The van der Waals surface area contributed by atoms with Gasteiger partial charge in [0.2, 0.25) is 5.91 Å². The number of hydrogen-bond donors (Lipinski definition) is 1. The number of pyridine rings is 1. The number of nitrogens with zero attached hydrogens (tertiary/aromatic N) is 4. The molecular formula is C22H18FN5OS. The van der Waals surface area contributed by atoms with E-state index in [0.717, 1.165) is 16.8 Å². The first kappa shape index (κ1) is 19.8. The predicted octanol–water partition coefficient (Wildman–Crippen LogP) is 4.51. The van der Waals surface area contributed by atoms with Crippen molar-refractivity contribution in [3.63, 3.8) is 0 Å². The first-order chi connectivity index (χ1) is 14.6. The van der Waals surface area contributed by atoms with Crippen LogP contribution in [0.5, 0.6) is 0 Å². The Balaban J connectivity index is 1.58. The minimum Gasteiger partial charge on any atom is -0.325 e. The highest BCUT2D eigenvalue weighted by molar-refractivity contribution is 7.99. The van der Waals surface area contributed by atoms with Crippen LogP contribution in [0.25, 0.3) is 17.1 Å². The van der Waals surface area contributed by atoms with Crippen molar-refractivity contribution in [3.05, 3.63) is 84.4 Å².